The molecule has 0 atom stereocenters. The Morgan fingerprint density at radius 3 is 2.48 bits per heavy atom. The molecule has 2 rings (SSSR count). The van der Waals surface area contributed by atoms with E-state index in [0.29, 0.717) is 24.5 Å². The lowest BCUT2D eigenvalue weighted by Gasteiger charge is -2.07. The van der Waals surface area contributed by atoms with E-state index in [0.717, 1.165) is 5.75 Å². The number of ketones is 1. The van der Waals surface area contributed by atoms with Crippen molar-refractivity contribution in [1.82, 2.24) is 0 Å². The summed E-state index contributed by atoms with van der Waals surface area (Å²) in [5, 5.41) is 0. The third-order valence-electron chi connectivity index (χ3n) is 2.86. The number of hydrogen-bond acceptors (Lipinski definition) is 4. The molecule has 0 aliphatic heterocycles. The second-order valence-electron chi connectivity index (χ2n) is 4.37. The quantitative estimate of drug-likeness (QED) is 0.553. The fourth-order valence-corrected chi connectivity index (χ4v) is 1.78. The van der Waals surface area contributed by atoms with Gasteiger partial charge in [-0.2, -0.15) is 0 Å². The minimum absolute atomic E-state index is 0.0331. The first-order chi connectivity index (χ1) is 10.3. The molecule has 0 radical (unpaired) electrons. The molecule has 0 spiro atoms. The van der Waals surface area contributed by atoms with Gasteiger partial charge in [-0.05, 0) is 24.3 Å². The summed E-state index contributed by atoms with van der Waals surface area (Å²) in [6, 6.07) is 16.5. The lowest BCUT2D eigenvalue weighted by molar-refractivity contribution is 0.0688. The van der Waals surface area contributed by atoms with Crippen LogP contribution in [0.25, 0.3) is 0 Å². The first-order valence-corrected chi connectivity index (χ1v) is 6.72. The fraction of sp³-hybridized carbons (Fsp3) is 0.235. The van der Waals surface area contributed by atoms with Crippen molar-refractivity contribution in [2.45, 2.75) is 0 Å². The molecule has 110 valence electrons. The van der Waals surface area contributed by atoms with Crippen molar-refractivity contribution in [3.05, 3.63) is 60.2 Å². The molecule has 0 amide bonds. The van der Waals surface area contributed by atoms with Crippen molar-refractivity contribution in [1.29, 1.82) is 0 Å². The highest BCUT2D eigenvalue weighted by Gasteiger charge is 2.06. The van der Waals surface area contributed by atoms with Crippen LogP contribution in [-0.4, -0.2) is 32.7 Å². The predicted octanol–water partition coefficient (Wildman–Crippen LogP) is 2.97. The van der Waals surface area contributed by atoms with E-state index in [1.807, 2.05) is 30.3 Å². The number of para-hydroxylation sites is 1. The highest BCUT2D eigenvalue weighted by Crippen LogP contribution is 2.13. The Kier molecular flexibility index (Phi) is 5.79. The van der Waals surface area contributed by atoms with Crippen LogP contribution in [0.5, 0.6) is 11.5 Å². The molecule has 0 fully saturated rings. The van der Waals surface area contributed by atoms with Crippen LogP contribution in [0.3, 0.4) is 0 Å². The van der Waals surface area contributed by atoms with Crippen LogP contribution >= 0.6 is 0 Å². The maximum Gasteiger partial charge on any atom is 0.188 e. The van der Waals surface area contributed by atoms with Gasteiger partial charge in [0.2, 0.25) is 0 Å². The van der Waals surface area contributed by atoms with Crippen LogP contribution in [0, 0.1) is 0 Å². The SMILES string of the molecule is COc1cccc(C(=O)COCCOc2ccccc2)c1. The third kappa shape index (κ3) is 4.93. The van der Waals surface area contributed by atoms with Gasteiger partial charge >= 0.3 is 0 Å². The Labute approximate surface area is 124 Å². The number of rotatable bonds is 8. The number of hydrogen-bond donors (Lipinski definition) is 0. The van der Waals surface area contributed by atoms with Gasteiger partial charge in [0, 0.05) is 5.56 Å². The normalized spacial score (nSPS) is 10.1. The Bertz CT molecular complexity index is 566. The van der Waals surface area contributed by atoms with Gasteiger partial charge in [0.05, 0.1) is 13.7 Å². The van der Waals surface area contributed by atoms with Crippen molar-refractivity contribution in [2.75, 3.05) is 26.9 Å². The van der Waals surface area contributed by atoms with Gasteiger partial charge in [0.25, 0.3) is 0 Å². The van der Waals surface area contributed by atoms with E-state index in [-0.39, 0.29) is 12.4 Å². The largest absolute Gasteiger partial charge is 0.497 e. The number of carbonyl (C=O) groups excluding carboxylic acids is 1. The zero-order valence-electron chi connectivity index (χ0n) is 12.0. The number of Topliss-reactive ketones (excluding diaryl/α,β-unsaturated/α-hetero) is 1. The third-order valence-corrected chi connectivity index (χ3v) is 2.86. The average Bonchev–Trinajstić information content (AvgIpc) is 2.55. The highest BCUT2D eigenvalue weighted by molar-refractivity contribution is 5.97. The second kappa shape index (κ2) is 8.07. The molecule has 0 unspecified atom stereocenters. The fourth-order valence-electron chi connectivity index (χ4n) is 1.78. The van der Waals surface area contributed by atoms with Gasteiger partial charge in [0.1, 0.15) is 24.7 Å². The van der Waals surface area contributed by atoms with E-state index in [2.05, 4.69) is 0 Å². The van der Waals surface area contributed by atoms with Crippen molar-refractivity contribution < 1.29 is 19.0 Å². The number of carbonyl (C=O) groups is 1. The summed E-state index contributed by atoms with van der Waals surface area (Å²) in [4.78, 5) is 11.9. The molecule has 0 aromatic heterocycles. The lowest BCUT2D eigenvalue weighted by atomic mass is 10.1. The predicted molar refractivity (Wildman–Crippen MR) is 80.1 cm³/mol. The van der Waals surface area contributed by atoms with Crippen molar-refractivity contribution >= 4 is 5.78 Å². The van der Waals surface area contributed by atoms with Crippen molar-refractivity contribution in [3.8, 4) is 11.5 Å². The molecule has 2 aromatic rings. The van der Waals surface area contributed by atoms with Gasteiger partial charge in [-0.15, -0.1) is 0 Å². The molecular formula is C17H18O4. The zero-order chi connectivity index (χ0) is 14.9. The maximum atomic E-state index is 11.9. The molecule has 0 saturated carbocycles. The summed E-state index contributed by atoms with van der Waals surface area (Å²) < 4.78 is 15.9. The Morgan fingerprint density at radius 2 is 1.71 bits per heavy atom. The Morgan fingerprint density at radius 1 is 0.952 bits per heavy atom. The molecule has 4 heteroatoms. The van der Waals surface area contributed by atoms with Crippen molar-refractivity contribution in [2.24, 2.45) is 0 Å². The monoisotopic (exact) mass is 286 g/mol. The number of methoxy groups -OCH3 is 1. The smallest absolute Gasteiger partial charge is 0.188 e. The van der Waals surface area contributed by atoms with Crippen LogP contribution in [0.1, 0.15) is 10.4 Å². The molecule has 0 aliphatic carbocycles. The van der Waals surface area contributed by atoms with Gasteiger partial charge in [-0.25, -0.2) is 0 Å². The summed E-state index contributed by atoms with van der Waals surface area (Å²) in [6.07, 6.45) is 0. The van der Waals surface area contributed by atoms with E-state index in [1.165, 1.54) is 0 Å². The summed E-state index contributed by atoms with van der Waals surface area (Å²) in [5.74, 6) is 1.38. The molecule has 2 aromatic carbocycles. The van der Waals surface area contributed by atoms with E-state index >= 15 is 0 Å². The van der Waals surface area contributed by atoms with Crippen LogP contribution in [0.15, 0.2) is 54.6 Å². The standard InChI is InChI=1S/C17H18O4/c1-19-16-9-5-6-14(12-16)17(18)13-20-10-11-21-15-7-3-2-4-8-15/h2-9,12H,10-11,13H2,1H3. The van der Waals surface area contributed by atoms with E-state index in [1.54, 1.807) is 31.4 Å². The summed E-state index contributed by atoms with van der Waals surface area (Å²) in [5.41, 5.74) is 0.582. The number of benzene rings is 2. The molecule has 0 heterocycles. The van der Waals surface area contributed by atoms with Crippen LogP contribution in [0.4, 0.5) is 0 Å². The Balaban J connectivity index is 1.69. The van der Waals surface area contributed by atoms with E-state index < -0.39 is 0 Å². The Hall–Kier alpha value is -2.33. The van der Waals surface area contributed by atoms with E-state index in [9.17, 15) is 4.79 Å². The molecule has 0 bridgehead atoms. The zero-order valence-corrected chi connectivity index (χ0v) is 12.0. The molecule has 21 heavy (non-hydrogen) atoms. The molecular weight excluding hydrogens is 268 g/mol. The van der Waals surface area contributed by atoms with Gasteiger partial charge in [-0.1, -0.05) is 30.3 Å². The van der Waals surface area contributed by atoms with Crippen LogP contribution in [-0.2, 0) is 4.74 Å². The topological polar surface area (TPSA) is 44.8 Å². The summed E-state index contributed by atoms with van der Waals surface area (Å²) in [6.45, 7) is 0.811. The molecule has 0 aliphatic rings. The maximum absolute atomic E-state index is 11.9. The van der Waals surface area contributed by atoms with Crippen LogP contribution in [0.2, 0.25) is 0 Å². The first kappa shape index (κ1) is 15.1. The minimum Gasteiger partial charge on any atom is -0.497 e. The first-order valence-electron chi connectivity index (χ1n) is 6.72. The summed E-state index contributed by atoms with van der Waals surface area (Å²) in [7, 11) is 1.57. The number of ether oxygens (including phenoxy) is 3. The summed E-state index contributed by atoms with van der Waals surface area (Å²) >= 11 is 0. The average molecular weight is 286 g/mol. The van der Waals surface area contributed by atoms with E-state index in [4.69, 9.17) is 14.2 Å². The second-order valence-corrected chi connectivity index (χ2v) is 4.37. The van der Waals surface area contributed by atoms with Crippen molar-refractivity contribution in [3.63, 3.8) is 0 Å². The van der Waals surface area contributed by atoms with Crippen LogP contribution < -0.4 is 9.47 Å². The molecule has 0 saturated heterocycles. The minimum atomic E-state index is -0.0754. The molecule has 4 nitrogen and oxygen atoms in total. The highest BCUT2D eigenvalue weighted by atomic mass is 16.5. The molecule has 0 N–H and O–H groups in total. The van der Waals surface area contributed by atoms with Gasteiger partial charge in [0.15, 0.2) is 5.78 Å². The van der Waals surface area contributed by atoms with Gasteiger partial charge < -0.3 is 14.2 Å². The van der Waals surface area contributed by atoms with Gasteiger partial charge in [-0.3, -0.25) is 4.79 Å². The lowest BCUT2D eigenvalue weighted by Crippen LogP contribution is -2.13.